The number of carbonyl (C=O) groups excluding carboxylic acids is 1. The molecule has 6 nitrogen and oxygen atoms in total. The summed E-state index contributed by atoms with van der Waals surface area (Å²) < 4.78 is 36.4. The van der Waals surface area contributed by atoms with Crippen molar-refractivity contribution in [2.24, 2.45) is 4.40 Å². The van der Waals surface area contributed by atoms with Crippen LogP contribution in [-0.4, -0.2) is 40.7 Å². The van der Waals surface area contributed by atoms with Crippen LogP contribution in [0.25, 0.3) is 0 Å². The Morgan fingerprint density at radius 3 is 2.96 bits per heavy atom. The van der Waals surface area contributed by atoms with Crippen molar-refractivity contribution >= 4 is 51.8 Å². The van der Waals surface area contributed by atoms with E-state index in [-0.39, 0.29) is 23.9 Å². The Labute approximate surface area is 167 Å². The molecule has 0 bridgehead atoms. The van der Waals surface area contributed by atoms with E-state index >= 15 is 0 Å². The highest BCUT2D eigenvalue weighted by Crippen LogP contribution is 2.25. The van der Waals surface area contributed by atoms with Crippen LogP contribution in [0.1, 0.15) is 4.88 Å². The van der Waals surface area contributed by atoms with Gasteiger partial charge in [0.2, 0.25) is 11.5 Å². The number of ether oxygens (including phenoxy) is 1. The van der Waals surface area contributed by atoms with E-state index in [1.54, 1.807) is 6.08 Å². The normalized spacial score (nSPS) is 16.7. The fraction of sp³-hybridized carbons (Fsp3) is 0.176. The second kappa shape index (κ2) is 8.85. The zero-order valence-corrected chi connectivity index (χ0v) is 16.5. The molecule has 10 heteroatoms. The van der Waals surface area contributed by atoms with Crippen molar-refractivity contribution < 1.29 is 18.5 Å². The fourth-order valence-corrected chi connectivity index (χ4v) is 4.18. The standard InChI is InChI=1S/C17H15ClFN3O3S2/c1-25-7-6-22-15(10-14(21-27(22)24)16-3-2-8-26-16)17(23)20-11-4-5-13(19)12(18)9-11/h2-5,8-10H,6-7H2,1H3,(H,20,23). The van der Waals surface area contributed by atoms with Gasteiger partial charge in [-0.3, -0.25) is 4.79 Å². The summed E-state index contributed by atoms with van der Waals surface area (Å²) in [5.41, 5.74) is 0.952. The van der Waals surface area contributed by atoms with Crippen molar-refractivity contribution in [3.05, 3.63) is 63.2 Å². The lowest BCUT2D eigenvalue weighted by Crippen LogP contribution is -2.40. The van der Waals surface area contributed by atoms with E-state index in [4.69, 9.17) is 16.3 Å². The van der Waals surface area contributed by atoms with E-state index in [0.717, 1.165) is 10.9 Å². The van der Waals surface area contributed by atoms with E-state index in [1.807, 2.05) is 17.5 Å². The fourth-order valence-electron chi connectivity index (χ4n) is 2.31. The molecule has 1 aromatic carbocycles. The number of nitrogens with zero attached hydrogens (tertiary/aromatic N) is 2. The van der Waals surface area contributed by atoms with Crippen LogP contribution in [0.15, 0.2) is 51.9 Å². The lowest BCUT2D eigenvalue weighted by atomic mass is 10.2. The molecule has 27 heavy (non-hydrogen) atoms. The molecule has 1 unspecified atom stereocenters. The first-order chi connectivity index (χ1) is 13.0. The minimum Gasteiger partial charge on any atom is -0.566 e. The van der Waals surface area contributed by atoms with Crippen LogP contribution in [0.2, 0.25) is 5.02 Å². The first-order valence-electron chi connectivity index (χ1n) is 7.78. The Morgan fingerprint density at radius 1 is 1.48 bits per heavy atom. The summed E-state index contributed by atoms with van der Waals surface area (Å²) in [6.07, 6.45) is 1.57. The van der Waals surface area contributed by atoms with Gasteiger partial charge in [0.25, 0.3) is 5.91 Å². The summed E-state index contributed by atoms with van der Waals surface area (Å²) in [6.45, 7) is 0.482. The zero-order chi connectivity index (χ0) is 19.4. The number of thiophene rings is 1. The van der Waals surface area contributed by atoms with Crippen molar-refractivity contribution in [1.29, 1.82) is 0 Å². The number of methoxy groups -OCH3 is 1. The maximum atomic E-state index is 13.3. The Bertz CT molecular complexity index is 890. The number of hydrogen-bond donors (Lipinski definition) is 1. The second-order valence-electron chi connectivity index (χ2n) is 5.39. The molecule has 2 aromatic rings. The number of anilines is 1. The largest absolute Gasteiger partial charge is 0.566 e. The number of carbonyl (C=O) groups is 1. The minimum atomic E-state index is -1.78. The number of nitrogens with one attached hydrogen (secondary N) is 1. The Hall–Kier alpha value is -1.91. The van der Waals surface area contributed by atoms with E-state index in [1.165, 1.54) is 34.9 Å². The molecular formula is C17H15ClFN3O3S2. The van der Waals surface area contributed by atoms with Gasteiger partial charge in [0.05, 0.1) is 23.1 Å². The van der Waals surface area contributed by atoms with Crippen LogP contribution in [-0.2, 0) is 21.1 Å². The molecule has 1 atom stereocenters. The Balaban J connectivity index is 1.89. The molecule has 0 spiro atoms. The van der Waals surface area contributed by atoms with Crippen LogP contribution in [0.5, 0.6) is 0 Å². The van der Waals surface area contributed by atoms with Crippen molar-refractivity contribution in [2.75, 3.05) is 25.6 Å². The molecule has 0 fully saturated rings. The number of benzene rings is 1. The predicted molar refractivity (Wildman–Crippen MR) is 106 cm³/mol. The molecule has 0 saturated heterocycles. The maximum absolute atomic E-state index is 13.3. The smallest absolute Gasteiger partial charge is 0.276 e. The average Bonchev–Trinajstić information content (AvgIpc) is 3.18. The number of halogens is 2. The average molecular weight is 428 g/mol. The molecule has 1 aromatic heterocycles. The highest BCUT2D eigenvalue weighted by Gasteiger charge is 2.33. The summed E-state index contributed by atoms with van der Waals surface area (Å²) in [7, 11) is 1.51. The third-order valence-corrected chi connectivity index (χ3v) is 5.88. The Kier molecular flexibility index (Phi) is 6.51. The van der Waals surface area contributed by atoms with Gasteiger partial charge in [-0.05, 0) is 34.0 Å². The third-order valence-electron chi connectivity index (χ3n) is 3.59. The summed E-state index contributed by atoms with van der Waals surface area (Å²) in [6, 6.07) is 7.54. The van der Waals surface area contributed by atoms with Gasteiger partial charge >= 0.3 is 0 Å². The van der Waals surface area contributed by atoms with Gasteiger partial charge in [-0.25, -0.2) is 4.39 Å². The molecular weight excluding hydrogens is 413 g/mol. The third kappa shape index (κ3) is 4.69. The first-order valence-corrected chi connectivity index (χ1v) is 10.1. The maximum Gasteiger partial charge on any atom is 0.276 e. The molecule has 142 valence electrons. The van der Waals surface area contributed by atoms with Gasteiger partial charge in [-0.1, -0.05) is 17.7 Å². The van der Waals surface area contributed by atoms with Gasteiger partial charge in [0, 0.05) is 18.9 Å². The van der Waals surface area contributed by atoms with Gasteiger partial charge in [0.1, 0.15) is 11.5 Å². The van der Waals surface area contributed by atoms with Crippen LogP contribution in [0.3, 0.4) is 0 Å². The van der Waals surface area contributed by atoms with E-state index in [0.29, 0.717) is 11.4 Å². The molecule has 0 saturated carbocycles. The molecule has 0 radical (unpaired) electrons. The molecule has 3 rings (SSSR count). The molecule has 1 aliphatic rings. The number of amides is 1. The van der Waals surface area contributed by atoms with Crippen molar-refractivity contribution in [3.8, 4) is 0 Å². The zero-order valence-electron chi connectivity index (χ0n) is 14.1. The molecule has 1 N–H and O–H groups in total. The topological polar surface area (TPSA) is 77.0 Å². The quantitative estimate of drug-likeness (QED) is 0.717. The van der Waals surface area contributed by atoms with Gasteiger partial charge in [-0.2, -0.15) is 4.31 Å². The van der Waals surface area contributed by atoms with Gasteiger partial charge < -0.3 is 14.6 Å². The van der Waals surface area contributed by atoms with E-state index in [9.17, 15) is 13.7 Å². The highest BCUT2D eigenvalue weighted by atomic mass is 35.5. The number of allylic oxidation sites excluding steroid dienone is 1. The van der Waals surface area contributed by atoms with Crippen molar-refractivity contribution in [1.82, 2.24) is 4.31 Å². The summed E-state index contributed by atoms with van der Waals surface area (Å²) >= 11 is 5.41. The molecule has 1 aliphatic heterocycles. The van der Waals surface area contributed by atoms with E-state index < -0.39 is 23.3 Å². The van der Waals surface area contributed by atoms with Crippen molar-refractivity contribution in [2.45, 2.75) is 0 Å². The monoisotopic (exact) mass is 427 g/mol. The second-order valence-corrected chi connectivity index (χ2v) is 7.83. The first kappa shape index (κ1) is 19.8. The lowest BCUT2D eigenvalue weighted by Gasteiger charge is -2.26. The number of hydrogen-bond acceptors (Lipinski definition) is 6. The minimum absolute atomic E-state index is 0.105. The van der Waals surface area contributed by atoms with Crippen LogP contribution < -0.4 is 5.32 Å². The summed E-state index contributed by atoms with van der Waals surface area (Å²) in [5.74, 6) is -1.09. The van der Waals surface area contributed by atoms with E-state index in [2.05, 4.69) is 9.71 Å². The van der Waals surface area contributed by atoms with Gasteiger partial charge in [-0.15, -0.1) is 11.3 Å². The van der Waals surface area contributed by atoms with Crippen LogP contribution in [0.4, 0.5) is 10.1 Å². The SMILES string of the molecule is COCCN1C(C(=O)Nc2ccc(F)c(Cl)c2)=CC(c2cccs2)=N[S+]1[O-]. The molecule has 1 amide bonds. The molecule has 0 aliphatic carbocycles. The molecule has 2 heterocycles. The lowest BCUT2D eigenvalue weighted by molar-refractivity contribution is -0.113. The number of rotatable bonds is 6. The summed E-state index contributed by atoms with van der Waals surface area (Å²) in [5, 5.41) is 4.41. The highest BCUT2D eigenvalue weighted by molar-refractivity contribution is 7.88. The summed E-state index contributed by atoms with van der Waals surface area (Å²) in [4.78, 5) is 13.6. The Morgan fingerprint density at radius 2 is 2.30 bits per heavy atom. The van der Waals surface area contributed by atoms with Crippen LogP contribution >= 0.6 is 22.9 Å². The predicted octanol–water partition coefficient (Wildman–Crippen LogP) is 3.39. The van der Waals surface area contributed by atoms with Crippen molar-refractivity contribution in [3.63, 3.8) is 0 Å². The van der Waals surface area contributed by atoms with Gasteiger partial charge in [0.15, 0.2) is 5.70 Å². The van der Waals surface area contributed by atoms with Crippen LogP contribution in [0, 0.1) is 5.82 Å².